The summed E-state index contributed by atoms with van der Waals surface area (Å²) in [6.07, 6.45) is 0.989. The van der Waals surface area contributed by atoms with Gasteiger partial charge >= 0.3 is 7.66 Å². The summed E-state index contributed by atoms with van der Waals surface area (Å²) < 4.78 is 4.86. The number of hydrogen-bond donors (Lipinski definition) is 0. The second-order valence-electron chi connectivity index (χ2n) is 1.13. The Labute approximate surface area is 54.7 Å². The maximum Gasteiger partial charge on any atom is 0.373 e. The molecule has 0 N–H and O–H groups in total. The predicted octanol–water partition coefficient (Wildman–Crippen LogP) is 1.61. The van der Waals surface area contributed by atoms with Crippen LogP contribution in [-0.4, -0.2) is 14.3 Å². The zero-order valence-corrected chi connectivity index (χ0v) is 6.82. The molecule has 0 aliphatic carbocycles. The molecule has 0 aromatic rings. The topological polar surface area (TPSA) is 9.23 Å². The Morgan fingerprint density at radius 1 is 1.57 bits per heavy atom. The Kier molecular flexibility index (Phi) is 5.44. The van der Waals surface area contributed by atoms with E-state index in [1.54, 1.807) is 0 Å². The van der Waals surface area contributed by atoms with Crippen LogP contribution in [0.15, 0.2) is 0 Å². The first-order valence-electron chi connectivity index (χ1n) is 2.17. The second kappa shape index (κ2) is 4.90. The molecule has 0 unspecified atom stereocenters. The van der Waals surface area contributed by atoms with E-state index in [-0.39, 0.29) is 0 Å². The Balaban J connectivity index is 2.68. The first-order valence-corrected chi connectivity index (χ1v) is 6.13. The molecule has 1 nitrogen and oxygen atoms in total. The van der Waals surface area contributed by atoms with Crippen LogP contribution in [-0.2, 0) is 4.43 Å². The van der Waals surface area contributed by atoms with Crippen LogP contribution in [0, 0.1) is 0 Å². The van der Waals surface area contributed by atoms with Gasteiger partial charge in [-0.25, -0.2) is 0 Å². The zero-order chi connectivity index (χ0) is 5.70. The Hall–Kier alpha value is 0.757. The highest BCUT2D eigenvalue weighted by Gasteiger charge is 1.97. The molecular weight excluding hydrogens is 151 g/mol. The molecule has 0 amide bonds. The van der Waals surface area contributed by atoms with Crippen molar-refractivity contribution in [2.45, 2.75) is 13.3 Å². The minimum atomic E-state index is -1.74. The van der Waals surface area contributed by atoms with E-state index in [1.807, 2.05) is 6.92 Å². The molecule has 4 heteroatoms. The van der Waals surface area contributed by atoms with E-state index in [2.05, 4.69) is 0 Å². The summed E-state index contributed by atoms with van der Waals surface area (Å²) in [6.45, 7) is 2.72. The maximum absolute atomic E-state index is 5.34. The van der Waals surface area contributed by atoms with Gasteiger partial charge in [-0.2, -0.15) is 0 Å². The predicted molar refractivity (Wildman–Crippen MR) is 35.1 cm³/mol. The fraction of sp³-hybridized carbons (Fsp3) is 1.00. The summed E-state index contributed by atoms with van der Waals surface area (Å²) in [7, 11) is -1.74. The second-order valence-corrected chi connectivity index (χ2v) is 5.03. The van der Waals surface area contributed by atoms with Gasteiger partial charge in [0.15, 0.2) is 0 Å². The average Bonchev–Trinajstić information content (AvgIpc) is 1.61. The standard InChI is InChI=1S/C3H8Cl2OSi/c1-2-3-6-7(4)5/h7H,2-3H2,1H3. The van der Waals surface area contributed by atoms with Gasteiger partial charge in [0.1, 0.15) is 0 Å². The molecule has 0 aromatic carbocycles. The summed E-state index contributed by atoms with van der Waals surface area (Å²) >= 11 is 10.7. The van der Waals surface area contributed by atoms with Gasteiger partial charge in [0.05, 0.1) is 0 Å². The van der Waals surface area contributed by atoms with Gasteiger partial charge in [-0.15, -0.1) is 22.2 Å². The molecule has 0 saturated carbocycles. The van der Waals surface area contributed by atoms with E-state index in [0.717, 1.165) is 6.42 Å². The largest absolute Gasteiger partial charge is 0.395 e. The summed E-state index contributed by atoms with van der Waals surface area (Å²) in [5.41, 5.74) is 0. The molecule has 0 spiro atoms. The Morgan fingerprint density at radius 2 is 2.14 bits per heavy atom. The van der Waals surface area contributed by atoms with E-state index < -0.39 is 7.66 Å². The lowest BCUT2D eigenvalue weighted by atomic mass is 10.5. The van der Waals surface area contributed by atoms with Gasteiger partial charge in [0.2, 0.25) is 0 Å². The van der Waals surface area contributed by atoms with Crippen LogP contribution in [0.4, 0.5) is 0 Å². The van der Waals surface area contributed by atoms with Crippen LogP contribution in [0.2, 0.25) is 0 Å². The molecule has 0 radical (unpaired) electrons. The Morgan fingerprint density at radius 3 is 2.29 bits per heavy atom. The first-order chi connectivity index (χ1) is 3.27. The molecule has 7 heavy (non-hydrogen) atoms. The highest BCUT2D eigenvalue weighted by atomic mass is 35.7. The molecule has 0 bridgehead atoms. The SMILES string of the molecule is CCCO[SiH](Cl)Cl. The fourth-order valence-corrected chi connectivity index (χ4v) is 1.16. The summed E-state index contributed by atoms with van der Waals surface area (Å²) in [6, 6.07) is 0. The van der Waals surface area contributed by atoms with Crippen LogP contribution in [0.5, 0.6) is 0 Å². The molecule has 0 saturated heterocycles. The molecule has 0 aliphatic heterocycles. The van der Waals surface area contributed by atoms with Crippen molar-refractivity contribution >= 4 is 29.8 Å². The van der Waals surface area contributed by atoms with Crippen molar-refractivity contribution in [3.63, 3.8) is 0 Å². The average molecular weight is 159 g/mol. The lowest BCUT2D eigenvalue weighted by molar-refractivity contribution is 0.340. The van der Waals surface area contributed by atoms with E-state index >= 15 is 0 Å². The van der Waals surface area contributed by atoms with Crippen molar-refractivity contribution in [1.82, 2.24) is 0 Å². The van der Waals surface area contributed by atoms with Crippen LogP contribution in [0.25, 0.3) is 0 Å². The van der Waals surface area contributed by atoms with Crippen molar-refractivity contribution in [2.75, 3.05) is 6.61 Å². The molecule has 0 aromatic heterocycles. The molecular formula is C3H8Cl2OSi. The third-order valence-corrected chi connectivity index (χ3v) is 1.69. The third-order valence-electron chi connectivity index (χ3n) is 0.448. The van der Waals surface area contributed by atoms with Gasteiger partial charge in [-0.05, 0) is 6.42 Å². The minimum Gasteiger partial charge on any atom is -0.395 e. The van der Waals surface area contributed by atoms with Gasteiger partial charge in [0.25, 0.3) is 0 Å². The highest BCUT2D eigenvalue weighted by molar-refractivity contribution is 7.30. The molecule has 0 aliphatic rings. The van der Waals surface area contributed by atoms with E-state index in [0.29, 0.717) is 6.61 Å². The maximum atomic E-state index is 5.34. The molecule has 0 fully saturated rings. The van der Waals surface area contributed by atoms with Crippen LogP contribution < -0.4 is 0 Å². The number of halogens is 2. The smallest absolute Gasteiger partial charge is 0.373 e. The molecule has 44 valence electrons. The first kappa shape index (κ1) is 7.76. The molecule has 0 heterocycles. The van der Waals surface area contributed by atoms with Gasteiger partial charge in [-0.3, -0.25) is 0 Å². The lowest BCUT2D eigenvalue weighted by Gasteiger charge is -1.96. The van der Waals surface area contributed by atoms with Crippen LogP contribution >= 0.6 is 22.2 Å². The lowest BCUT2D eigenvalue weighted by Crippen LogP contribution is -2.01. The van der Waals surface area contributed by atoms with Crippen molar-refractivity contribution in [2.24, 2.45) is 0 Å². The van der Waals surface area contributed by atoms with Crippen molar-refractivity contribution in [1.29, 1.82) is 0 Å². The highest BCUT2D eigenvalue weighted by Crippen LogP contribution is 1.96. The van der Waals surface area contributed by atoms with Gasteiger partial charge < -0.3 is 4.43 Å². The number of rotatable bonds is 3. The van der Waals surface area contributed by atoms with Crippen molar-refractivity contribution < 1.29 is 4.43 Å². The van der Waals surface area contributed by atoms with E-state index in [9.17, 15) is 0 Å². The van der Waals surface area contributed by atoms with Crippen LogP contribution in [0.3, 0.4) is 0 Å². The summed E-state index contributed by atoms with van der Waals surface area (Å²) in [5.74, 6) is 0. The monoisotopic (exact) mass is 158 g/mol. The van der Waals surface area contributed by atoms with E-state index in [4.69, 9.17) is 26.6 Å². The minimum absolute atomic E-state index is 0.698. The van der Waals surface area contributed by atoms with E-state index in [1.165, 1.54) is 0 Å². The summed E-state index contributed by atoms with van der Waals surface area (Å²) in [4.78, 5) is 0. The van der Waals surface area contributed by atoms with Gasteiger partial charge in [0, 0.05) is 6.61 Å². The number of hydrogen-bond acceptors (Lipinski definition) is 1. The quantitative estimate of drug-likeness (QED) is 0.449. The van der Waals surface area contributed by atoms with Crippen molar-refractivity contribution in [3.05, 3.63) is 0 Å². The molecule has 0 atom stereocenters. The molecule has 0 rings (SSSR count). The third kappa shape index (κ3) is 6.76. The summed E-state index contributed by atoms with van der Waals surface area (Å²) in [5, 5.41) is 0. The Bertz CT molecular complexity index is 41.9. The van der Waals surface area contributed by atoms with Crippen LogP contribution in [0.1, 0.15) is 13.3 Å². The van der Waals surface area contributed by atoms with Gasteiger partial charge in [-0.1, -0.05) is 6.92 Å². The fourth-order valence-electron chi connectivity index (χ4n) is 0.207. The zero-order valence-electron chi connectivity index (χ0n) is 4.16. The normalized spacial score (nSPS) is 10.3. The van der Waals surface area contributed by atoms with Crippen molar-refractivity contribution in [3.8, 4) is 0 Å².